The molecule has 0 aliphatic carbocycles. The maximum atomic E-state index is 10.4. The van der Waals surface area contributed by atoms with Crippen molar-refractivity contribution < 1.29 is 29.8 Å². The summed E-state index contributed by atoms with van der Waals surface area (Å²) in [6, 6.07) is -1.50. The summed E-state index contributed by atoms with van der Waals surface area (Å²) in [6.07, 6.45) is 0. The second-order valence-electron chi connectivity index (χ2n) is 3.18. The van der Waals surface area contributed by atoms with Crippen molar-refractivity contribution in [3.8, 4) is 0 Å². The third-order valence-corrected chi connectivity index (χ3v) is 1.23. The predicted molar refractivity (Wildman–Crippen MR) is 38.1 cm³/mol. The average Bonchev–Trinajstić information content (AvgIpc) is 1.54. The fourth-order valence-corrected chi connectivity index (χ4v) is 0.748. The fourth-order valence-electron chi connectivity index (χ4n) is 0.748. The Kier molecular flexibility index (Phi) is 4.52. The predicted octanol–water partition coefficient (Wildman–Crippen LogP) is -2.93. The van der Waals surface area contributed by atoms with Crippen LogP contribution in [0.15, 0.2) is 0 Å². The zero-order chi connectivity index (χ0) is 9.23. The van der Waals surface area contributed by atoms with Crippen LogP contribution in [0.1, 0.15) is 0 Å². The topological polar surface area (TPSA) is 109 Å². The van der Waals surface area contributed by atoms with E-state index in [1.54, 1.807) is 0 Å². The normalized spacial score (nSPS) is 12.9. The van der Waals surface area contributed by atoms with E-state index >= 15 is 0 Å². The van der Waals surface area contributed by atoms with Gasteiger partial charge in [0.2, 0.25) is 6.04 Å². The van der Waals surface area contributed by atoms with Crippen LogP contribution in [0.3, 0.4) is 0 Å². The Balaban J connectivity index is 0. The fraction of sp³-hybridized carbons (Fsp3) is 0.667. The highest BCUT2D eigenvalue weighted by Gasteiger charge is 2.32. The zero-order valence-electron chi connectivity index (χ0n) is 7.20. The van der Waals surface area contributed by atoms with Crippen LogP contribution in [-0.2, 0) is 9.59 Å². The molecule has 0 aliphatic heterocycles. The molecular formula is C6H13NO5. The first-order valence-corrected chi connectivity index (χ1v) is 3.01. The van der Waals surface area contributed by atoms with Crippen molar-refractivity contribution in [1.29, 1.82) is 0 Å². The van der Waals surface area contributed by atoms with Crippen molar-refractivity contribution in [2.75, 3.05) is 21.1 Å². The number of likely N-dealkylation sites (N-methyl/N-ethyl adjacent to an activating group) is 1. The molecule has 6 heteroatoms. The van der Waals surface area contributed by atoms with E-state index in [1.807, 2.05) is 0 Å². The van der Waals surface area contributed by atoms with Crippen LogP contribution in [0.2, 0.25) is 0 Å². The third-order valence-electron chi connectivity index (χ3n) is 1.23. The van der Waals surface area contributed by atoms with E-state index in [1.165, 1.54) is 21.1 Å². The Morgan fingerprint density at radius 1 is 1.33 bits per heavy atom. The standard InChI is InChI=1S/C6H11NO4.H2O/c1-7(2,3)4(5(8)9)6(10)11;/h4H,1-3H3,(H-,8,9,10,11);1H2. The summed E-state index contributed by atoms with van der Waals surface area (Å²) >= 11 is 0. The average molecular weight is 179 g/mol. The number of carbonyl (C=O) groups excluding carboxylic acids is 1. The van der Waals surface area contributed by atoms with Crippen LogP contribution in [0.4, 0.5) is 0 Å². The lowest BCUT2D eigenvalue weighted by molar-refractivity contribution is -0.880. The molecule has 1 unspecified atom stereocenters. The van der Waals surface area contributed by atoms with Gasteiger partial charge in [0.05, 0.1) is 21.1 Å². The maximum absolute atomic E-state index is 10.4. The van der Waals surface area contributed by atoms with E-state index in [0.29, 0.717) is 0 Å². The molecule has 12 heavy (non-hydrogen) atoms. The zero-order valence-corrected chi connectivity index (χ0v) is 7.20. The van der Waals surface area contributed by atoms with E-state index in [9.17, 15) is 14.7 Å². The van der Waals surface area contributed by atoms with Crippen LogP contribution >= 0.6 is 0 Å². The largest absolute Gasteiger partial charge is 0.543 e. The van der Waals surface area contributed by atoms with Gasteiger partial charge < -0.3 is 25.0 Å². The van der Waals surface area contributed by atoms with Gasteiger partial charge in [-0.05, 0) is 0 Å². The Morgan fingerprint density at radius 2 is 1.67 bits per heavy atom. The molecule has 3 N–H and O–H groups in total. The molecule has 0 rings (SSSR count). The first-order valence-electron chi connectivity index (χ1n) is 3.01. The number of hydrogen-bond donors (Lipinski definition) is 1. The lowest BCUT2D eigenvalue weighted by Gasteiger charge is -2.31. The van der Waals surface area contributed by atoms with Crippen molar-refractivity contribution in [3.63, 3.8) is 0 Å². The summed E-state index contributed by atoms with van der Waals surface area (Å²) < 4.78 is -0.183. The molecular weight excluding hydrogens is 166 g/mol. The Bertz CT molecular complexity index is 169. The van der Waals surface area contributed by atoms with Gasteiger partial charge in [-0.2, -0.15) is 0 Å². The minimum absolute atomic E-state index is 0. The number of carbonyl (C=O) groups is 2. The number of quaternary nitrogens is 1. The van der Waals surface area contributed by atoms with Gasteiger partial charge in [-0.25, -0.2) is 4.79 Å². The Morgan fingerprint density at radius 3 is 1.67 bits per heavy atom. The van der Waals surface area contributed by atoms with E-state index in [4.69, 9.17) is 5.11 Å². The minimum Gasteiger partial charge on any atom is -0.543 e. The van der Waals surface area contributed by atoms with E-state index in [-0.39, 0.29) is 9.96 Å². The molecule has 1 atom stereocenters. The number of rotatable bonds is 3. The van der Waals surface area contributed by atoms with E-state index < -0.39 is 18.0 Å². The second-order valence-corrected chi connectivity index (χ2v) is 3.18. The van der Waals surface area contributed by atoms with E-state index in [2.05, 4.69) is 0 Å². The molecule has 0 radical (unpaired) electrons. The third kappa shape index (κ3) is 3.31. The van der Waals surface area contributed by atoms with Gasteiger partial charge in [-0.15, -0.1) is 0 Å². The van der Waals surface area contributed by atoms with Crippen LogP contribution in [-0.4, -0.2) is 54.2 Å². The van der Waals surface area contributed by atoms with Crippen LogP contribution < -0.4 is 5.11 Å². The smallest absolute Gasteiger partial charge is 0.368 e. The van der Waals surface area contributed by atoms with Crippen LogP contribution in [0.25, 0.3) is 0 Å². The number of hydrogen-bond acceptors (Lipinski definition) is 3. The van der Waals surface area contributed by atoms with Gasteiger partial charge >= 0.3 is 5.97 Å². The number of carboxylic acids is 2. The van der Waals surface area contributed by atoms with Gasteiger partial charge in [0.1, 0.15) is 5.97 Å². The lowest BCUT2D eigenvalue weighted by Crippen LogP contribution is -2.58. The summed E-state index contributed by atoms with van der Waals surface area (Å²) in [6.45, 7) is 0. The molecule has 0 fully saturated rings. The first kappa shape index (κ1) is 13.4. The highest BCUT2D eigenvalue weighted by molar-refractivity contribution is 5.94. The van der Waals surface area contributed by atoms with Crippen molar-refractivity contribution in [1.82, 2.24) is 0 Å². The van der Waals surface area contributed by atoms with Crippen LogP contribution in [0.5, 0.6) is 0 Å². The monoisotopic (exact) mass is 179 g/mol. The summed E-state index contributed by atoms with van der Waals surface area (Å²) in [4.78, 5) is 20.6. The molecule has 0 aromatic carbocycles. The van der Waals surface area contributed by atoms with Gasteiger partial charge in [0.15, 0.2) is 0 Å². The molecule has 72 valence electrons. The Hall–Kier alpha value is -1.14. The lowest BCUT2D eigenvalue weighted by atomic mass is 10.2. The van der Waals surface area contributed by atoms with Crippen molar-refractivity contribution in [3.05, 3.63) is 0 Å². The van der Waals surface area contributed by atoms with Gasteiger partial charge in [0, 0.05) is 0 Å². The number of aliphatic carboxylic acids is 2. The molecule has 0 aromatic heterocycles. The molecule has 0 bridgehead atoms. The van der Waals surface area contributed by atoms with Crippen molar-refractivity contribution in [2.24, 2.45) is 0 Å². The SMILES string of the molecule is C[N+](C)(C)C(C(=O)[O-])C(=O)O.O. The second kappa shape index (κ2) is 4.03. The molecule has 0 heterocycles. The van der Waals surface area contributed by atoms with Crippen molar-refractivity contribution >= 4 is 11.9 Å². The highest BCUT2D eigenvalue weighted by atomic mass is 16.4. The molecule has 6 nitrogen and oxygen atoms in total. The molecule has 0 saturated carbocycles. The molecule has 0 spiro atoms. The quantitative estimate of drug-likeness (QED) is 0.369. The highest BCUT2D eigenvalue weighted by Crippen LogP contribution is 2.01. The summed E-state index contributed by atoms with van der Waals surface area (Å²) in [7, 11) is 4.44. The van der Waals surface area contributed by atoms with Crippen molar-refractivity contribution in [2.45, 2.75) is 6.04 Å². The Labute approximate surface area is 69.9 Å². The molecule has 0 amide bonds. The first-order chi connectivity index (χ1) is 4.76. The summed E-state index contributed by atoms with van der Waals surface area (Å²) in [5.41, 5.74) is 0. The molecule has 0 saturated heterocycles. The number of carboxylic acid groups (broad SMARTS) is 2. The summed E-state index contributed by atoms with van der Waals surface area (Å²) in [5.74, 6) is -2.94. The van der Waals surface area contributed by atoms with Gasteiger partial charge in [-0.1, -0.05) is 0 Å². The van der Waals surface area contributed by atoms with Gasteiger partial charge in [0.25, 0.3) is 0 Å². The molecule has 0 aromatic rings. The summed E-state index contributed by atoms with van der Waals surface area (Å²) in [5, 5.41) is 18.7. The van der Waals surface area contributed by atoms with Crippen LogP contribution in [0, 0.1) is 0 Å². The maximum Gasteiger partial charge on any atom is 0.368 e. The number of nitrogens with zero attached hydrogens (tertiary/aromatic N) is 1. The molecule has 0 aliphatic rings. The van der Waals surface area contributed by atoms with E-state index in [0.717, 1.165) is 0 Å². The minimum atomic E-state index is -1.56. The van der Waals surface area contributed by atoms with Gasteiger partial charge in [-0.3, -0.25) is 0 Å².